The predicted octanol–water partition coefficient (Wildman–Crippen LogP) is 4.40. The van der Waals surface area contributed by atoms with Crippen molar-refractivity contribution in [2.75, 3.05) is 25.0 Å². The van der Waals surface area contributed by atoms with Crippen LogP contribution in [-0.4, -0.2) is 60.1 Å². The topological polar surface area (TPSA) is 99.7 Å². The van der Waals surface area contributed by atoms with E-state index in [2.05, 4.69) is 10.3 Å². The van der Waals surface area contributed by atoms with Gasteiger partial charge in [-0.15, -0.1) is 11.3 Å². The molecule has 2 heterocycles. The summed E-state index contributed by atoms with van der Waals surface area (Å²) < 4.78 is 27.2. The first-order chi connectivity index (χ1) is 16.7. The summed E-state index contributed by atoms with van der Waals surface area (Å²) in [6.07, 6.45) is 7.69. The minimum Gasteiger partial charge on any atom is -0.328 e. The summed E-state index contributed by atoms with van der Waals surface area (Å²) in [4.78, 5) is 32.1. The van der Waals surface area contributed by atoms with Crippen LogP contribution in [0.5, 0.6) is 0 Å². The minimum atomic E-state index is -3.76. The van der Waals surface area contributed by atoms with Crippen LogP contribution in [0.3, 0.4) is 0 Å². The summed E-state index contributed by atoms with van der Waals surface area (Å²) in [5.74, 6) is -0.567. The highest BCUT2D eigenvalue weighted by Gasteiger charge is 2.38. The lowest BCUT2D eigenvalue weighted by Gasteiger charge is -2.39. The third kappa shape index (κ3) is 6.74. The maximum atomic E-state index is 13.2. The molecule has 4 rings (SSSR count). The van der Waals surface area contributed by atoms with Crippen LogP contribution in [0.25, 0.3) is 0 Å². The van der Waals surface area contributed by atoms with Crippen molar-refractivity contribution in [3.63, 3.8) is 0 Å². The smallest absolute Gasteiger partial charge is 0.248 e. The number of anilines is 1. The van der Waals surface area contributed by atoms with Crippen molar-refractivity contribution in [2.24, 2.45) is 5.92 Å². The van der Waals surface area contributed by atoms with Gasteiger partial charge >= 0.3 is 0 Å². The highest BCUT2D eigenvalue weighted by molar-refractivity contribution is 7.88. The van der Waals surface area contributed by atoms with Gasteiger partial charge in [0.2, 0.25) is 21.8 Å². The largest absolute Gasteiger partial charge is 0.328 e. The Morgan fingerprint density at radius 3 is 2.60 bits per heavy atom. The number of nitrogens with one attached hydrogen (secondary N) is 1. The zero-order valence-electron chi connectivity index (χ0n) is 19.2. The van der Waals surface area contributed by atoms with Crippen molar-refractivity contribution < 1.29 is 18.0 Å². The number of benzene rings is 1. The Bertz CT molecular complexity index is 1150. The molecule has 1 atom stereocenters. The van der Waals surface area contributed by atoms with Crippen LogP contribution >= 0.6 is 34.5 Å². The molecule has 1 aromatic heterocycles. The number of carbonyl (C=O) groups is 2. The summed E-state index contributed by atoms with van der Waals surface area (Å²) in [5.41, 5.74) is 0.493. The van der Waals surface area contributed by atoms with Crippen molar-refractivity contribution in [2.45, 2.75) is 50.3 Å². The number of hydrogen-bond acceptors (Lipinski definition) is 6. The van der Waals surface area contributed by atoms with E-state index >= 15 is 0 Å². The lowest BCUT2D eigenvalue weighted by atomic mass is 9.84. The standard InChI is InChI=1S/C23H28Cl2N4O4S2/c24-18-7-6-17(12-19(18)25)15-35(32,33)28-9-10-29(21(30)14-28)20(13-16-4-2-1-3-5-16)22(31)27-23-26-8-11-34-23/h6-8,11-12,16,20H,1-5,9-10,13-15H2,(H,26,27,31)/t20-/m0/s1. The molecule has 8 nitrogen and oxygen atoms in total. The Labute approximate surface area is 219 Å². The molecule has 1 aromatic carbocycles. The molecule has 0 radical (unpaired) electrons. The van der Waals surface area contributed by atoms with Crippen molar-refractivity contribution in [1.82, 2.24) is 14.2 Å². The van der Waals surface area contributed by atoms with Gasteiger partial charge in [0.05, 0.1) is 22.3 Å². The molecule has 12 heteroatoms. The molecule has 1 saturated carbocycles. The van der Waals surface area contributed by atoms with E-state index in [0.717, 1.165) is 25.7 Å². The third-order valence-electron chi connectivity index (χ3n) is 6.57. The second kappa shape index (κ2) is 11.6. The SMILES string of the molecule is O=C(Nc1nccs1)[C@H](CC1CCCCC1)N1CCN(S(=O)(=O)Cc2ccc(Cl)c(Cl)c2)CC1=O. The second-order valence-electron chi connectivity index (χ2n) is 9.01. The Morgan fingerprint density at radius 1 is 1.17 bits per heavy atom. The van der Waals surface area contributed by atoms with E-state index in [-0.39, 0.29) is 42.2 Å². The summed E-state index contributed by atoms with van der Waals surface area (Å²) >= 11 is 13.3. The monoisotopic (exact) mass is 558 g/mol. The van der Waals surface area contributed by atoms with Crippen LogP contribution in [0.1, 0.15) is 44.1 Å². The van der Waals surface area contributed by atoms with Crippen molar-refractivity contribution in [3.05, 3.63) is 45.4 Å². The van der Waals surface area contributed by atoms with Gasteiger partial charge in [0.25, 0.3) is 0 Å². The molecule has 1 aliphatic heterocycles. The van der Waals surface area contributed by atoms with Crippen LogP contribution in [0.15, 0.2) is 29.8 Å². The zero-order valence-corrected chi connectivity index (χ0v) is 22.3. The number of nitrogens with zero attached hydrogens (tertiary/aromatic N) is 3. The first-order valence-corrected chi connectivity index (χ1v) is 14.9. The van der Waals surface area contributed by atoms with E-state index in [0.29, 0.717) is 28.1 Å². The Hall–Kier alpha value is -1.72. The number of thiazole rings is 1. The minimum absolute atomic E-state index is 0.126. The van der Waals surface area contributed by atoms with Gasteiger partial charge in [-0.25, -0.2) is 13.4 Å². The summed E-state index contributed by atoms with van der Waals surface area (Å²) in [6.45, 7) is -0.0153. The van der Waals surface area contributed by atoms with E-state index in [1.54, 1.807) is 28.6 Å². The fraction of sp³-hybridized carbons (Fsp3) is 0.522. The number of carbonyl (C=O) groups excluding carboxylic acids is 2. The average Bonchev–Trinajstić information content (AvgIpc) is 3.33. The van der Waals surface area contributed by atoms with Gasteiger partial charge in [-0.1, -0.05) is 61.4 Å². The Kier molecular flexibility index (Phi) is 8.70. The van der Waals surface area contributed by atoms with E-state index in [9.17, 15) is 18.0 Å². The van der Waals surface area contributed by atoms with Crippen LogP contribution in [0.4, 0.5) is 5.13 Å². The normalized spacial score (nSPS) is 19.0. The summed E-state index contributed by atoms with van der Waals surface area (Å²) in [5, 5.41) is 5.71. The number of hydrogen-bond donors (Lipinski definition) is 1. The second-order valence-corrected chi connectivity index (χ2v) is 12.7. The Balaban J connectivity index is 1.46. The molecule has 2 aromatic rings. The molecule has 1 N–H and O–H groups in total. The molecule has 0 spiro atoms. The maximum absolute atomic E-state index is 13.2. The fourth-order valence-electron chi connectivity index (χ4n) is 4.75. The van der Waals surface area contributed by atoms with E-state index in [1.807, 2.05) is 0 Å². The Morgan fingerprint density at radius 2 is 1.94 bits per heavy atom. The lowest BCUT2D eigenvalue weighted by Crippen LogP contribution is -2.58. The molecular weight excluding hydrogens is 531 g/mol. The van der Waals surface area contributed by atoms with Gasteiger partial charge in [-0.2, -0.15) is 4.31 Å². The number of sulfonamides is 1. The predicted molar refractivity (Wildman–Crippen MR) is 138 cm³/mol. The van der Waals surface area contributed by atoms with Gasteiger partial charge < -0.3 is 10.2 Å². The number of rotatable bonds is 8. The number of aromatic nitrogens is 1. The highest BCUT2D eigenvalue weighted by Crippen LogP contribution is 2.30. The van der Waals surface area contributed by atoms with Gasteiger partial charge in [0.15, 0.2) is 5.13 Å². The van der Waals surface area contributed by atoms with Crippen LogP contribution in [-0.2, 0) is 25.4 Å². The van der Waals surface area contributed by atoms with E-state index in [4.69, 9.17) is 23.2 Å². The maximum Gasteiger partial charge on any atom is 0.248 e. The van der Waals surface area contributed by atoms with Gasteiger partial charge in [-0.3, -0.25) is 9.59 Å². The number of amides is 2. The molecule has 1 aliphatic carbocycles. The van der Waals surface area contributed by atoms with Crippen molar-refractivity contribution in [1.29, 1.82) is 0 Å². The van der Waals surface area contributed by atoms with Gasteiger partial charge in [-0.05, 0) is 30.0 Å². The van der Waals surface area contributed by atoms with E-state index in [1.165, 1.54) is 28.1 Å². The first kappa shape index (κ1) is 26.3. The third-order valence-corrected chi connectivity index (χ3v) is 9.80. The number of halogens is 2. The summed E-state index contributed by atoms with van der Waals surface area (Å²) in [6, 6.07) is 4.01. The fourth-order valence-corrected chi connectivity index (χ4v) is 7.05. The van der Waals surface area contributed by atoms with Gasteiger partial charge in [0.1, 0.15) is 6.04 Å². The molecule has 2 fully saturated rings. The first-order valence-electron chi connectivity index (χ1n) is 11.6. The highest BCUT2D eigenvalue weighted by atomic mass is 35.5. The number of piperazine rings is 1. The molecule has 1 saturated heterocycles. The van der Waals surface area contributed by atoms with Crippen LogP contribution in [0, 0.1) is 5.92 Å². The van der Waals surface area contributed by atoms with Crippen LogP contribution in [0.2, 0.25) is 10.0 Å². The van der Waals surface area contributed by atoms with Crippen molar-refractivity contribution >= 4 is 61.5 Å². The molecular formula is C23H28Cl2N4O4S2. The average molecular weight is 560 g/mol. The molecule has 35 heavy (non-hydrogen) atoms. The molecule has 190 valence electrons. The molecule has 2 amide bonds. The van der Waals surface area contributed by atoms with Crippen molar-refractivity contribution in [3.8, 4) is 0 Å². The lowest BCUT2D eigenvalue weighted by molar-refractivity contribution is -0.142. The van der Waals surface area contributed by atoms with E-state index < -0.39 is 16.1 Å². The molecule has 0 bridgehead atoms. The zero-order chi connectivity index (χ0) is 25.0. The quantitative estimate of drug-likeness (QED) is 0.517. The molecule has 2 aliphatic rings. The van der Waals surface area contributed by atoms with Crippen LogP contribution < -0.4 is 5.32 Å². The van der Waals surface area contributed by atoms with Gasteiger partial charge in [0, 0.05) is 24.7 Å². The molecule has 0 unspecified atom stereocenters. The summed E-state index contributed by atoms with van der Waals surface area (Å²) in [7, 11) is -3.76.